The number of anilines is 2. The Morgan fingerprint density at radius 2 is 1.82 bits per heavy atom. The highest BCUT2D eigenvalue weighted by Crippen LogP contribution is 2.34. The number of benzene rings is 2. The molecule has 0 aliphatic rings. The number of nitrogens with one attached hydrogen (secondary N) is 1. The maximum Gasteiger partial charge on any atom is 0.187 e. The van der Waals surface area contributed by atoms with Crippen molar-refractivity contribution in [2.75, 3.05) is 5.32 Å². The van der Waals surface area contributed by atoms with E-state index in [9.17, 15) is 0 Å². The highest BCUT2D eigenvalue weighted by Gasteiger charge is 2.11. The minimum absolute atomic E-state index is 0.524. The fraction of sp³-hybridized carbons (Fsp3) is 0.0625. The third-order valence-corrected chi connectivity index (χ3v) is 4.93. The van der Waals surface area contributed by atoms with E-state index in [2.05, 4.69) is 10.3 Å². The molecule has 0 atom stereocenters. The van der Waals surface area contributed by atoms with Gasteiger partial charge in [0.25, 0.3) is 0 Å². The van der Waals surface area contributed by atoms with Crippen molar-refractivity contribution in [1.29, 1.82) is 0 Å². The number of hydrogen-bond acceptors (Lipinski definition) is 3. The molecule has 0 aliphatic heterocycles. The van der Waals surface area contributed by atoms with E-state index >= 15 is 0 Å². The van der Waals surface area contributed by atoms with Crippen molar-refractivity contribution in [3.63, 3.8) is 0 Å². The monoisotopic (exact) mass is 368 g/mol. The number of rotatable bonds is 3. The van der Waals surface area contributed by atoms with Crippen LogP contribution in [0, 0.1) is 6.92 Å². The van der Waals surface area contributed by atoms with Gasteiger partial charge in [-0.05, 0) is 37.3 Å². The van der Waals surface area contributed by atoms with E-state index in [0.717, 1.165) is 27.0 Å². The molecule has 0 saturated heterocycles. The van der Waals surface area contributed by atoms with E-state index in [1.54, 1.807) is 17.4 Å². The van der Waals surface area contributed by atoms with Gasteiger partial charge in [-0.1, -0.05) is 46.9 Å². The topological polar surface area (TPSA) is 24.9 Å². The molecule has 3 aromatic rings. The molecule has 2 nitrogen and oxygen atoms in total. The first-order valence-electron chi connectivity index (χ1n) is 6.48. The van der Waals surface area contributed by atoms with Gasteiger partial charge in [-0.15, -0.1) is 11.3 Å². The highest BCUT2D eigenvalue weighted by molar-refractivity contribution is 7.16. The van der Waals surface area contributed by atoms with Crippen LogP contribution in [0.1, 0.15) is 4.88 Å². The van der Waals surface area contributed by atoms with Crippen molar-refractivity contribution in [1.82, 2.24) is 4.98 Å². The summed E-state index contributed by atoms with van der Waals surface area (Å²) < 4.78 is 0. The van der Waals surface area contributed by atoms with Crippen LogP contribution in [0.25, 0.3) is 11.3 Å². The van der Waals surface area contributed by atoms with Crippen LogP contribution < -0.4 is 5.32 Å². The lowest BCUT2D eigenvalue weighted by Gasteiger charge is -2.03. The van der Waals surface area contributed by atoms with Gasteiger partial charge >= 0.3 is 0 Å². The first-order chi connectivity index (χ1) is 10.5. The Balaban J connectivity index is 1.92. The summed E-state index contributed by atoms with van der Waals surface area (Å²) in [7, 11) is 0. The standard InChI is InChI=1S/C16H11Cl3N2S/c1-9-15(10-5-6-13(18)14(19)7-10)21-16(22-9)20-12-4-2-3-11(17)8-12/h2-8H,1H3,(H,20,21). The van der Waals surface area contributed by atoms with Gasteiger partial charge in [0.1, 0.15) is 0 Å². The molecule has 1 aromatic heterocycles. The maximum absolute atomic E-state index is 6.08. The minimum Gasteiger partial charge on any atom is -0.331 e. The van der Waals surface area contributed by atoms with E-state index < -0.39 is 0 Å². The molecule has 0 spiro atoms. The maximum atomic E-state index is 6.08. The molecule has 0 radical (unpaired) electrons. The molecule has 112 valence electrons. The summed E-state index contributed by atoms with van der Waals surface area (Å²) in [5.74, 6) is 0. The van der Waals surface area contributed by atoms with E-state index in [1.807, 2.05) is 43.3 Å². The average molecular weight is 370 g/mol. The number of aryl methyl sites for hydroxylation is 1. The first kappa shape index (κ1) is 15.6. The second kappa shape index (κ2) is 6.47. The first-order valence-corrected chi connectivity index (χ1v) is 8.43. The van der Waals surface area contributed by atoms with Gasteiger partial charge in [0.05, 0.1) is 15.7 Å². The minimum atomic E-state index is 0.524. The average Bonchev–Trinajstić information content (AvgIpc) is 2.82. The second-order valence-electron chi connectivity index (χ2n) is 4.69. The zero-order valence-electron chi connectivity index (χ0n) is 11.5. The number of thiazole rings is 1. The molecule has 22 heavy (non-hydrogen) atoms. The quantitative estimate of drug-likeness (QED) is 0.547. The summed E-state index contributed by atoms with van der Waals surface area (Å²) in [5, 5.41) is 5.82. The molecule has 2 aromatic carbocycles. The van der Waals surface area contributed by atoms with Gasteiger partial charge in [0.2, 0.25) is 0 Å². The predicted molar refractivity (Wildman–Crippen MR) is 97.0 cm³/mol. The SMILES string of the molecule is Cc1sc(Nc2cccc(Cl)c2)nc1-c1ccc(Cl)c(Cl)c1. The molecular formula is C16H11Cl3N2S. The van der Waals surface area contributed by atoms with Crippen molar-refractivity contribution in [2.45, 2.75) is 6.92 Å². The van der Waals surface area contributed by atoms with Crippen molar-refractivity contribution in [2.24, 2.45) is 0 Å². The summed E-state index contributed by atoms with van der Waals surface area (Å²) in [6.07, 6.45) is 0. The van der Waals surface area contributed by atoms with E-state index in [1.165, 1.54) is 0 Å². The van der Waals surface area contributed by atoms with E-state index in [-0.39, 0.29) is 0 Å². The summed E-state index contributed by atoms with van der Waals surface area (Å²) in [5.41, 5.74) is 2.75. The van der Waals surface area contributed by atoms with E-state index in [4.69, 9.17) is 34.8 Å². The predicted octanol–water partition coefficient (Wildman–Crippen LogP) is 6.82. The molecule has 0 saturated carbocycles. The Morgan fingerprint density at radius 3 is 2.55 bits per heavy atom. The zero-order chi connectivity index (χ0) is 15.7. The Bertz CT molecular complexity index is 830. The molecule has 0 aliphatic carbocycles. The van der Waals surface area contributed by atoms with Crippen LogP contribution in [0.5, 0.6) is 0 Å². The summed E-state index contributed by atoms with van der Waals surface area (Å²) >= 11 is 19.6. The third-order valence-electron chi connectivity index (χ3n) is 3.07. The lowest BCUT2D eigenvalue weighted by Crippen LogP contribution is -1.89. The molecule has 1 heterocycles. The van der Waals surface area contributed by atoms with Crippen molar-refractivity contribution >= 4 is 57.0 Å². The molecule has 0 unspecified atom stereocenters. The number of halogens is 3. The fourth-order valence-electron chi connectivity index (χ4n) is 2.05. The van der Waals surface area contributed by atoms with E-state index in [0.29, 0.717) is 15.1 Å². The van der Waals surface area contributed by atoms with Gasteiger partial charge in [0, 0.05) is 21.2 Å². The zero-order valence-corrected chi connectivity index (χ0v) is 14.6. The lowest BCUT2D eigenvalue weighted by molar-refractivity contribution is 1.36. The Morgan fingerprint density at radius 1 is 1.00 bits per heavy atom. The van der Waals surface area contributed by atoms with Crippen LogP contribution in [-0.4, -0.2) is 4.98 Å². The number of hydrogen-bond donors (Lipinski definition) is 1. The van der Waals surface area contributed by atoms with Crippen LogP contribution >= 0.6 is 46.1 Å². The molecule has 0 amide bonds. The largest absolute Gasteiger partial charge is 0.331 e. The van der Waals surface area contributed by atoms with Crippen molar-refractivity contribution in [3.8, 4) is 11.3 Å². The second-order valence-corrected chi connectivity index (χ2v) is 7.14. The van der Waals surface area contributed by atoms with Crippen LogP contribution in [-0.2, 0) is 0 Å². The van der Waals surface area contributed by atoms with Crippen molar-refractivity contribution < 1.29 is 0 Å². The van der Waals surface area contributed by atoms with Gasteiger partial charge in [-0.2, -0.15) is 0 Å². The molecule has 0 bridgehead atoms. The molecule has 1 N–H and O–H groups in total. The summed E-state index contributed by atoms with van der Waals surface area (Å²) in [6, 6.07) is 13.1. The van der Waals surface area contributed by atoms with Gasteiger partial charge in [0.15, 0.2) is 5.13 Å². The molecule has 0 fully saturated rings. The molecule has 6 heteroatoms. The Labute approximate surface area is 147 Å². The number of nitrogens with zero attached hydrogens (tertiary/aromatic N) is 1. The third kappa shape index (κ3) is 3.39. The van der Waals surface area contributed by atoms with Gasteiger partial charge in [-0.3, -0.25) is 0 Å². The van der Waals surface area contributed by atoms with Crippen LogP contribution in [0.3, 0.4) is 0 Å². The van der Waals surface area contributed by atoms with Crippen LogP contribution in [0.15, 0.2) is 42.5 Å². The smallest absolute Gasteiger partial charge is 0.187 e. The molecular weight excluding hydrogens is 359 g/mol. The molecule has 3 rings (SSSR count). The summed E-state index contributed by atoms with van der Waals surface area (Å²) in [4.78, 5) is 5.74. The van der Waals surface area contributed by atoms with Crippen molar-refractivity contribution in [3.05, 3.63) is 62.4 Å². The summed E-state index contributed by atoms with van der Waals surface area (Å²) in [6.45, 7) is 2.03. The highest BCUT2D eigenvalue weighted by atomic mass is 35.5. The Hall–Kier alpha value is -1.26. The van der Waals surface area contributed by atoms with Crippen LogP contribution in [0.4, 0.5) is 10.8 Å². The van der Waals surface area contributed by atoms with Crippen LogP contribution in [0.2, 0.25) is 15.1 Å². The van der Waals surface area contributed by atoms with Gasteiger partial charge in [-0.25, -0.2) is 4.98 Å². The normalized spacial score (nSPS) is 10.7. The Kier molecular flexibility index (Phi) is 4.59. The fourth-order valence-corrected chi connectivity index (χ4v) is 3.40. The lowest BCUT2D eigenvalue weighted by atomic mass is 10.1. The number of aromatic nitrogens is 1. The van der Waals surface area contributed by atoms with Gasteiger partial charge < -0.3 is 5.32 Å².